The highest BCUT2D eigenvalue weighted by molar-refractivity contribution is 5.79. The number of benzene rings is 1. The van der Waals surface area contributed by atoms with Crippen molar-refractivity contribution in [1.82, 2.24) is 15.0 Å². The quantitative estimate of drug-likeness (QED) is 0.797. The van der Waals surface area contributed by atoms with Crippen LogP contribution in [0.25, 0.3) is 10.9 Å². The van der Waals surface area contributed by atoms with E-state index in [1.54, 1.807) is 6.20 Å². The van der Waals surface area contributed by atoms with E-state index in [9.17, 15) is 0 Å². The molecular formula is C16H16N4O. The van der Waals surface area contributed by atoms with E-state index in [2.05, 4.69) is 15.0 Å². The molecule has 0 fully saturated rings. The Hall–Kier alpha value is -2.69. The molecule has 5 nitrogen and oxygen atoms in total. The summed E-state index contributed by atoms with van der Waals surface area (Å²) in [6.07, 6.45) is 2.47. The summed E-state index contributed by atoms with van der Waals surface area (Å²) in [7, 11) is 0. The number of ether oxygens (including phenoxy) is 1. The standard InChI is InChI=1S/C16H16N4O/c1-3-14-19-15(17)10(2)16(20-14)21-12-7-6-11-5-4-8-18-13(11)9-12/h4-9H,3H2,1-2H3,(H2,17,19,20). The normalized spacial score (nSPS) is 10.8. The minimum absolute atomic E-state index is 0.454. The molecule has 0 aliphatic heterocycles. The molecule has 2 aromatic heterocycles. The van der Waals surface area contributed by atoms with Crippen molar-refractivity contribution >= 4 is 16.7 Å². The van der Waals surface area contributed by atoms with Gasteiger partial charge >= 0.3 is 0 Å². The first-order valence-electron chi connectivity index (χ1n) is 6.83. The van der Waals surface area contributed by atoms with Crippen LogP contribution >= 0.6 is 0 Å². The molecule has 2 N–H and O–H groups in total. The van der Waals surface area contributed by atoms with Crippen molar-refractivity contribution in [3.63, 3.8) is 0 Å². The second-order valence-corrected chi connectivity index (χ2v) is 4.77. The lowest BCUT2D eigenvalue weighted by molar-refractivity contribution is 0.456. The zero-order valence-electron chi connectivity index (χ0n) is 12.0. The molecule has 106 valence electrons. The maximum atomic E-state index is 5.90. The number of aromatic nitrogens is 3. The first kappa shape index (κ1) is 13.3. The SMILES string of the molecule is CCc1nc(N)c(C)c(Oc2ccc3cccnc3c2)n1. The average molecular weight is 280 g/mol. The highest BCUT2D eigenvalue weighted by Crippen LogP contribution is 2.27. The van der Waals surface area contributed by atoms with Crippen molar-refractivity contribution in [3.8, 4) is 11.6 Å². The Labute approximate surface area is 122 Å². The van der Waals surface area contributed by atoms with E-state index in [1.165, 1.54) is 0 Å². The number of fused-ring (bicyclic) bond motifs is 1. The fourth-order valence-corrected chi connectivity index (χ4v) is 2.04. The zero-order valence-corrected chi connectivity index (χ0v) is 12.0. The summed E-state index contributed by atoms with van der Waals surface area (Å²) >= 11 is 0. The average Bonchev–Trinajstić information content (AvgIpc) is 2.51. The third kappa shape index (κ3) is 2.63. The molecule has 0 aliphatic rings. The van der Waals surface area contributed by atoms with Crippen LogP contribution in [-0.2, 0) is 6.42 Å². The molecule has 0 aliphatic carbocycles. The van der Waals surface area contributed by atoms with E-state index >= 15 is 0 Å². The molecular weight excluding hydrogens is 264 g/mol. The minimum atomic E-state index is 0.454. The van der Waals surface area contributed by atoms with Crippen molar-refractivity contribution in [2.75, 3.05) is 5.73 Å². The topological polar surface area (TPSA) is 73.9 Å². The van der Waals surface area contributed by atoms with E-state index < -0.39 is 0 Å². The Morgan fingerprint density at radius 3 is 2.86 bits per heavy atom. The Morgan fingerprint density at radius 2 is 2.05 bits per heavy atom. The van der Waals surface area contributed by atoms with Crippen molar-refractivity contribution in [3.05, 3.63) is 47.9 Å². The number of aryl methyl sites for hydroxylation is 1. The molecule has 0 unspecified atom stereocenters. The monoisotopic (exact) mass is 280 g/mol. The maximum absolute atomic E-state index is 5.90. The van der Waals surface area contributed by atoms with E-state index in [1.807, 2.05) is 44.2 Å². The summed E-state index contributed by atoms with van der Waals surface area (Å²) in [6.45, 7) is 3.83. The summed E-state index contributed by atoms with van der Waals surface area (Å²) < 4.78 is 5.87. The Bertz CT molecular complexity index is 801. The van der Waals surface area contributed by atoms with E-state index in [4.69, 9.17) is 10.5 Å². The first-order valence-corrected chi connectivity index (χ1v) is 6.83. The summed E-state index contributed by atoms with van der Waals surface area (Å²) in [5.74, 6) is 2.31. The van der Waals surface area contributed by atoms with Crippen molar-refractivity contribution in [1.29, 1.82) is 0 Å². The van der Waals surface area contributed by atoms with Gasteiger partial charge in [0.15, 0.2) is 0 Å². The van der Waals surface area contributed by atoms with Crippen LogP contribution in [-0.4, -0.2) is 15.0 Å². The van der Waals surface area contributed by atoms with Crippen LogP contribution in [0.5, 0.6) is 11.6 Å². The van der Waals surface area contributed by atoms with Crippen molar-refractivity contribution in [2.45, 2.75) is 20.3 Å². The first-order chi connectivity index (χ1) is 10.2. The van der Waals surface area contributed by atoms with Gasteiger partial charge < -0.3 is 10.5 Å². The van der Waals surface area contributed by atoms with Gasteiger partial charge in [0.05, 0.1) is 11.1 Å². The fraction of sp³-hybridized carbons (Fsp3) is 0.188. The van der Waals surface area contributed by atoms with Gasteiger partial charge in [-0.25, -0.2) is 4.98 Å². The second kappa shape index (κ2) is 5.36. The molecule has 0 saturated carbocycles. The number of hydrogen-bond donors (Lipinski definition) is 1. The number of rotatable bonds is 3. The predicted octanol–water partition coefficient (Wildman–Crippen LogP) is 3.27. The van der Waals surface area contributed by atoms with Gasteiger partial charge in [-0.05, 0) is 25.1 Å². The molecule has 5 heteroatoms. The van der Waals surface area contributed by atoms with Crippen LogP contribution in [0, 0.1) is 6.92 Å². The predicted molar refractivity (Wildman–Crippen MR) is 82.4 cm³/mol. The summed E-state index contributed by atoms with van der Waals surface area (Å²) in [5, 5.41) is 1.07. The minimum Gasteiger partial charge on any atom is -0.438 e. The van der Waals surface area contributed by atoms with Crippen LogP contribution in [0.1, 0.15) is 18.3 Å². The smallest absolute Gasteiger partial charge is 0.227 e. The highest BCUT2D eigenvalue weighted by atomic mass is 16.5. The lowest BCUT2D eigenvalue weighted by Gasteiger charge is -2.11. The third-order valence-corrected chi connectivity index (χ3v) is 3.29. The lowest BCUT2D eigenvalue weighted by atomic mass is 10.2. The Morgan fingerprint density at radius 1 is 1.19 bits per heavy atom. The molecule has 3 aromatic rings. The summed E-state index contributed by atoms with van der Waals surface area (Å²) in [5.41, 5.74) is 7.52. The molecule has 21 heavy (non-hydrogen) atoms. The van der Waals surface area contributed by atoms with Gasteiger partial charge in [-0.15, -0.1) is 0 Å². The molecule has 0 bridgehead atoms. The Kier molecular flexibility index (Phi) is 3.39. The van der Waals surface area contributed by atoms with Crippen LogP contribution < -0.4 is 10.5 Å². The van der Waals surface area contributed by atoms with Crippen LogP contribution in [0.4, 0.5) is 5.82 Å². The molecule has 0 spiro atoms. The van der Waals surface area contributed by atoms with Gasteiger partial charge in [0.25, 0.3) is 0 Å². The zero-order chi connectivity index (χ0) is 14.8. The Balaban J connectivity index is 2.00. The van der Waals surface area contributed by atoms with Gasteiger partial charge in [0.1, 0.15) is 17.4 Å². The molecule has 0 amide bonds. The summed E-state index contributed by atoms with van der Waals surface area (Å²) in [6, 6.07) is 9.67. The molecule has 1 aromatic carbocycles. The van der Waals surface area contributed by atoms with Gasteiger partial charge in [0, 0.05) is 24.1 Å². The van der Waals surface area contributed by atoms with Crippen LogP contribution in [0.15, 0.2) is 36.5 Å². The maximum Gasteiger partial charge on any atom is 0.227 e. The van der Waals surface area contributed by atoms with Gasteiger partial charge in [0.2, 0.25) is 5.88 Å². The van der Waals surface area contributed by atoms with Gasteiger partial charge in [-0.2, -0.15) is 4.98 Å². The second-order valence-electron chi connectivity index (χ2n) is 4.77. The van der Waals surface area contributed by atoms with E-state index in [0.29, 0.717) is 29.7 Å². The lowest BCUT2D eigenvalue weighted by Crippen LogP contribution is -2.04. The van der Waals surface area contributed by atoms with Crippen molar-refractivity contribution < 1.29 is 4.74 Å². The van der Waals surface area contributed by atoms with Gasteiger partial charge in [-0.3, -0.25) is 4.98 Å². The summed E-state index contributed by atoms with van der Waals surface area (Å²) in [4.78, 5) is 12.9. The number of anilines is 1. The number of nitrogens with zero attached hydrogens (tertiary/aromatic N) is 3. The number of pyridine rings is 1. The number of hydrogen-bond acceptors (Lipinski definition) is 5. The van der Waals surface area contributed by atoms with Crippen LogP contribution in [0.3, 0.4) is 0 Å². The molecule has 0 radical (unpaired) electrons. The van der Waals surface area contributed by atoms with E-state index in [-0.39, 0.29) is 0 Å². The third-order valence-electron chi connectivity index (χ3n) is 3.29. The highest BCUT2D eigenvalue weighted by Gasteiger charge is 2.10. The van der Waals surface area contributed by atoms with E-state index in [0.717, 1.165) is 16.5 Å². The molecule has 3 rings (SSSR count). The number of nitrogens with two attached hydrogens (primary N) is 1. The van der Waals surface area contributed by atoms with Gasteiger partial charge in [-0.1, -0.05) is 13.0 Å². The molecule has 2 heterocycles. The largest absolute Gasteiger partial charge is 0.438 e. The van der Waals surface area contributed by atoms with Crippen molar-refractivity contribution in [2.24, 2.45) is 0 Å². The van der Waals surface area contributed by atoms with Crippen LogP contribution in [0.2, 0.25) is 0 Å². The number of nitrogen functional groups attached to an aromatic ring is 1. The fourth-order valence-electron chi connectivity index (χ4n) is 2.04. The molecule has 0 atom stereocenters. The molecule has 0 saturated heterocycles.